The first-order valence-electron chi connectivity index (χ1n) is 9.88. The van der Waals surface area contributed by atoms with Crippen molar-refractivity contribution >= 4 is 0 Å². The fourth-order valence-corrected chi connectivity index (χ4v) is 4.50. The molecule has 0 radical (unpaired) electrons. The standard InChI is InChI=1S/C21H30F2O2/c1-3-5-14-9-11-21(24,12-10-14)17-13-15-7-8-16(6-4-2)25-20(15)19(23)18(17)22/h13-14,16,24H,3-12H2,1-2H3. The van der Waals surface area contributed by atoms with Crippen LogP contribution in [0.15, 0.2) is 6.07 Å². The van der Waals surface area contributed by atoms with Crippen molar-refractivity contribution in [1.82, 2.24) is 0 Å². The largest absolute Gasteiger partial charge is 0.487 e. The van der Waals surface area contributed by atoms with Crippen LogP contribution in [0.25, 0.3) is 0 Å². The van der Waals surface area contributed by atoms with Gasteiger partial charge in [0.25, 0.3) is 0 Å². The van der Waals surface area contributed by atoms with Crippen LogP contribution in [0.1, 0.15) is 82.8 Å². The number of halogens is 2. The maximum Gasteiger partial charge on any atom is 0.201 e. The fraction of sp³-hybridized carbons (Fsp3) is 0.714. The predicted molar refractivity (Wildman–Crippen MR) is 94.8 cm³/mol. The zero-order valence-corrected chi connectivity index (χ0v) is 15.4. The number of hydrogen-bond donors (Lipinski definition) is 1. The van der Waals surface area contributed by atoms with Crippen LogP contribution >= 0.6 is 0 Å². The van der Waals surface area contributed by atoms with E-state index in [1.165, 1.54) is 0 Å². The molecule has 140 valence electrons. The van der Waals surface area contributed by atoms with Gasteiger partial charge in [-0.2, -0.15) is 4.39 Å². The normalized spacial score (nSPS) is 29.2. The minimum absolute atomic E-state index is 0.0372. The Balaban J connectivity index is 1.85. The monoisotopic (exact) mass is 352 g/mol. The highest BCUT2D eigenvalue weighted by Gasteiger charge is 2.39. The lowest BCUT2D eigenvalue weighted by atomic mass is 9.73. The summed E-state index contributed by atoms with van der Waals surface area (Å²) >= 11 is 0. The predicted octanol–water partition coefficient (Wildman–Crippen LogP) is 5.64. The van der Waals surface area contributed by atoms with E-state index in [4.69, 9.17) is 4.74 Å². The zero-order valence-electron chi connectivity index (χ0n) is 15.4. The van der Waals surface area contributed by atoms with Crippen LogP contribution in [0.5, 0.6) is 5.75 Å². The lowest BCUT2D eigenvalue weighted by Gasteiger charge is -2.37. The third-order valence-electron chi connectivity index (χ3n) is 6.00. The zero-order chi connectivity index (χ0) is 18.0. The van der Waals surface area contributed by atoms with E-state index >= 15 is 0 Å². The Bertz CT molecular complexity index is 606. The highest BCUT2D eigenvalue weighted by Crippen LogP contribution is 2.45. The highest BCUT2D eigenvalue weighted by molar-refractivity contribution is 5.43. The minimum atomic E-state index is -1.25. The Morgan fingerprint density at radius 1 is 1.08 bits per heavy atom. The summed E-state index contributed by atoms with van der Waals surface area (Å²) in [4.78, 5) is 0. The van der Waals surface area contributed by atoms with Crippen LogP contribution in [0, 0.1) is 17.6 Å². The minimum Gasteiger partial charge on any atom is -0.487 e. The van der Waals surface area contributed by atoms with Gasteiger partial charge in [0.05, 0.1) is 11.7 Å². The number of ether oxygens (including phenoxy) is 1. The van der Waals surface area contributed by atoms with Gasteiger partial charge in [-0.15, -0.1) is 0 Å². The van der Waals surface area contributed by atoms with Crippen LogP contribution in [-0.4, -0.2) is 11.2 Å². The summed E-state index contributed by atoms with van der Waals surface area (Å²) in [6.45, 7) is 4.22. The summed E-state index contributed by atoms with van der Waals surface area (Å²) in [5.74, 6) is -1.19. The molecule has 0 spiro atoms. The van der Waals surface area contributed by atoms with Crippen molar-refractivity contribution in [3.63, 3.8) is 0 Å². The maximum atomic E-state index is 14.8. The Morgan fingerprint density at radius 3 is 2.40 bits per heavy atom. The number of hydrogen-bond acceptors (Lipinski definition) is 2. The smallest absolute Gasteiger partial charge is 0.201 e. The van der Waals surface area contributed by atoms with E-state index < -0.39 is 17.2 Å². The molecule has 0 bridgehead atoms. The Hall–Kier alpha value is -1.16. The van der Waals surface area contributed by atoms with Crippen molar-refractivity contribution in [2.24, 2.45) is 5.92 Å². The van der Waals surface area contributed by atoms with E-state index in [0.717, 1.165) is 44.9 Å². The van der Waals surface area contributed by atoms with Gasteiger partial charge in [0.15, 0.2) is 11.6 Å². The van der Waals surface area contributed by atoms with E-state index in [1.54, 1.807) is 6.07 Å². The van der Waals surface area contributed by atoms with Gasteiger partial charge < -0.3 is 9.84 Å². The van der Waals surface area contributed by atoms with E-state index in [0.29, 0.717) is 30.7 Å². The molecule has 2 nitrogen and oxygen atoms in total. The number of rotatable bonds is 5. The van der Waals surface area contributed by atoms with E-state index in [2.05, 4.69) is 13.8 Å². The quantitative estimate of drug-likeness (QED) is 0.743. The third kappa shape index (κ3) is 3.69. The molecule has 1 aliphatic carbocycles. The van der Waals surface area contributed by atoms with E-state index in [1.807, 2.05) is 0 Å². The van der Waals surface area contributed by atoms with Crippen LogP contribution in [0.2, 0.25) is 0 Å². The highest BCUT2D eigenvalue weighted by atomic mass is 19.2. The molecule has 0 saturated heterocycles. The number of benzene rings is 1. The molecule has 1 aromatic carbocycles. The van der Waals surface area contributed by atoms with E-state index in [-0.39, 0.29) is 17.4 Å². The van der Waals surface area contributed by atoms with Gasteiger partial charge >= 0.3 is 0 Å². The molecule has 1 heterocycles. The lowest BCUT2D eigenvalue weighted by Crippen LogP contribution is -2.33. The van der Waals surface area contributed by atoms with Gasteiger partial charge in [0.1, 0.15) is 0 Å². The summed E-state index contributed by atoms with van der Waals surface area (Å²) in [6.07, 6.45) is 8.30. The molecule has 1 unspecified atom stereocenters. The van der Waals surface area contributed by atoms with Crippen LogP contribution in [-0.2, 0) is 12.0 Å². The van der Waals surface area contributed by atoms with Gasteiger partial charge in [-0.3, -0.25) is 0 Å². The second-order valence-corrected chi connectivity index (χ2v) is 7.87. The van der Waals surface area contributed by atoms with Crippen molar-refractivity contribution < 1.29 is 18.6 Å². The summed E-state index contributed by atoms with van der Waals surface area (Å²) in [7, 11) is 0. The number of aryl methyl sites for hydroxylation is 1. The van der Waals surface area contributed by atoms with Crippen LogP contribution in [0.3, 0.4) is 0 Å². The molecule has 1 aliphatic heterocycles. The fourth-order valence-electron chi connectivity index (χ4n) is 4.50. The average molecular weight is 352 g/mol. The SMILES string of the molecule is CCCC1CCC(O)(c2cc3c(c(F)c2F)OC(CCC)CC3)CC1. The van der Waals surface area contributed by atoms with Crippen molar-refractivity contribution in [3.05, 3.63) is 28.8 Å². The second-order valence-electron chi connectivity index (χ2n) is 7.87. The van der Waals surface area contributed by atoms with Gasteiger partial charge in [-0.1, -0.05) is 33.1 Å². The topological polar surface area (TPSA) is 29.5 Å². The van der Waals surface area contributed by atoms with Crippen LogP contribution < -0.4 is 4.74 Å². The molecule has 1 saturated carbocycles. The van der Waals surface area contributed by atoms with Crippen molar-refractivity contribution in [1.29, 1.82) is 0 Å². The second kappa shape index (κ2) is 7.61. The Morgan fingerprint density at radius 2 is 1.76 bits per heavy atom. The Labute approximate surface area is 149 Å². The molecule has 25 heavy (non-hydrogen) atoms. The van der Waals surface area contributed by atoms with Gasteiger partial charge in [-0.25, -0.2) is 4.39 Å². The van der Waals surface area contributed by atoms with Crippen molar-refractivity contribution in [2.75, 3.05) is 0 Å². The molecule has 1 N–H and O–H groups in total. The number of fused-ring (bicyclic) bond motifs is 1. The first kappa shape index (κ1) is 18.6. The van der Waals surface area contributed by atoms with Crippen LogP contribution in [0.4, 0.5) is 8.78 Å². The molecule has 4 heteroatoms. The lowest BCUT2D eigenvalue weighted by molar-refractivity contribution is -0.0189. The number of aliphatic hydroxyl groups is 1. The molecule has 1 aromatic rings. The molecule has 2 aliphatic rings. The first-order valence-corrected chi connectivity index (χ1v) is 9.88. The van der Waals surface area contributed by atoms with Gasteiger partial charge in [0.2, 0.25) is 5.82 Å². The molecular weight excluding hydrogens is 322 g/mol. The summed E-state index contributed by atoms with van der Waals surface area (Å²) < 4.78 is 35.1. The molecule has 0 amide bonds. The molecular formula is C21H30F2O2. The average Bonchev–Trinajstić information content (AvgIpc) is 2.61. The third-order valence-corrected chi connectivity index (χ3v) is 6.00. The van der Waals surface area contributed by atoms with Crippen molar-refractivity contribution in [2.45, 2.75) is 89.8 Å². The Kier molecular flexibility index (Phi) is 5.67. The first-order chi connectivity index (χ1) is 12.0. The van der Waals surface area contributed by atoms with Gasteiger partial charge in [0, 0.05) is 5.56 Å². The summed E-state index contributed by atoms with van der Waals surface area (Å²) in [6, 6.07) is 1.66. The molecule has 1 fully saturated rings. The summed E-state index contributed by atoms with van der Waals surface area (Å²) in [5, 5.41) is 11.0. The summed E-state index contributed by atoms with van der Waals surface area (Å²) in [5.41, 5.74) is -0.411. The van der Waals surface area contributed by atoms with Gasteiger partial charge in [-0.05, 0) is 62.5 Å². The molecule has 3 rings (SSSR count). The van der Waals surface area contributed by atoms with Crippen molar-refractivity contribution in [3.8, 4) is 5.75 Å². The molecule has 1 atom stereocenters. The van der Waals surface area contributed by atoms with E-state index in [9.17, 15) is 13.9 Å². The molecule has 0 aromatic heterocycles. The maximum absolute atomic E-state index is 14.8.